The first-order valence-corrected chi connectivity index (χ1v) is 10.1. The lowest BCUT2D eigenvalue weighted by Gasteiger charge is -2.12. The summed E-state index contributed by atoms with van der Waals surface area (Å²) >= 11 is 0. The Morgan fingerprint density at radius 2 is 2.08 bits per heavy atom. The van der Waals surface area contributed by atoms with Gasteiger partial charge in [0.25, 0.3) is 0 Å². The summed E-state index contributed by atoms with van der Waals surface area (Å²) < 4.78 is 23.1. The highest BCUT2D eigenvalue weighted by molar-refractivity contribution is 14.0. The highest BCUT2D eigenvalue weighted by atomic mass is 127. The Hall–Kier alpha value is -0.710. The first-order chi connectivity index (χ1) is 12.3. The van der Waals surface area contributed by atoms with E-state index in [0.29, 0.717) is 18.2 Å². The second-order valence-electron chi connectivity index (χ2n) is 5.95. The van der Waals surface area contributed by atoms with E-state index in [1.807, 2.05) is 30.3 Å². The van der Waals surface area contributed by atoms with Gasteiger partial charge in [-0.1, -0.05) is 18.2 Å². The average molecular weight is 495 g/mol. The quantitative estimate of drug-likeness (QED) is 0.225. The molecule has 0 bridgehead atoms. The molecule has 148 valence electrons. The van der Waals surface area contributed by atoms with Gasteiger partial charge in [-0.15, -0.1) is 24.0 Å². The van der Waals surface area contributed by atoms with E-state index in [4.69, 9.17) is 9.47 Å². The minimum absolute atomic E-state index is 0. The summed E-state index contributed by atoms with van der Waals surface area (Å²) in [7, 11) is 0.747. The fraction of sp³-hybridized carbons (Fsp3) is 0.611. The number of nitrogens with one attached hydrogen (secondary N) is 2. The fourth-order valence-electron chi connectivity index (χ4n) is 2.52. The van der Waals surface area contributed by atoms with E-state index in [-0.39, 0.29) is 24.0 Å². The summed E-state index contributed by atoms with van der Waals surface area (Å²) in [6.45, 7) is 4.63. The van der Waals surface area contributed by atoms with Gasteiger partial charge in [-0.25, -0.2) is 0 Å². The smallest absolute Gasteiger partial charge is 0.191 e. The first kappa shape index (κ1) is 23.3. The number of guanidine groups is 1. The molecule has 1 fully saturated rings. The largest absolute Gasteiger partial charge is 0.381 e. The third-order valence-corrected chi connectivity index (χ3v) is 5.32. The van der Waals surface area contributed by atoms with Gasteiger partial charge in [-0.05, 0) is 25.0 Å². The summed E-state index contributed by atoms with van der Waals surface area (Å²) in [4.78, 5) is 5.03. The van der Waals surface area contributed by atoms with Gasteiger partial charge in [0.05, 0.1) is 24.0 Å². The van der Waals surface area contributed by atoms with Gasteiger partial charge in [0.15, 0.2) is 5.96 Å². The van der Waals surface area contributed by atoms with Crippen molar-refractivity contribution in [2.24, 2.45) is 10.9 Å². The fourth-order valence-corrected chi connectivity index (χ4v) is 3.50. The van der Waals surface area contributed by atoms with Gasteiger partial charge in [0.1, 0.15) is 0 Å². The molecular weight excluding hydrogens is 465 g/mol. The first-order valence-electron chi connectivity index (χ1n) is 8.83. The molecule has 1 aliphatic rings. The van der Waals surface area contributed by atoms with Crippen LogP contribution in [0, 0.1) is 5.92 Å². The van der Waals surface area contributed by atoms with Crippen molar-refractivity contribution in [3.63, 3.8) is 0 Å². The molecule has 1 aromatic carbocycles. The maximum absolute atomic E-state index is 12.1. The number of halogens is 1. The molecule has 0 saturated carbocycles. The number of ether oxygens (including phenoxy) is 2. The monoisotopic (exact) mass is 495 g/mol. The van der Waals surface area contributed by atoms with E-state index in [1.165, 1.54) is 0 Å². The van der Waals surface area contributed by atoms with Crippen LogP contribution in [0.1, 0.15) is 12.8 Å². The van der Waals surface area contributed by atoms with E-state index in [1.54, 1.807) is 7.05 Å². The summed E-state index contributed by atoms with van der Waals surface area (Å²) in [5.74, 6) is 1.85. The molecule has 1 aliphatic heterocycles. The molecule has 2 atom stereocenters. The van der Waals surface area contributed by atoms with Crippen molar-refractivity contribution in [1.29, 1.82) is 0 Å². The Balaban J connectivity index is 0.00000338. The molecule has 2 N–H and O–H groups in total. The van der Waals surface area contributed by atoms with Crippen LogP contribution in [0.25, 0.3) is 0 Å². The van der Waals surface area contributed by atoms with Crippen LogP contribution in [0.2, 0.25) is 0 Å². The van der Waals surface area contributed by atoms with Crippen LogP contribution in [0.5, 0.6) is 0 Å². The van der Waals surface area contributed by atoms with Gasteiger partial charge < -0.3 is 20.1 Å². The van der Waals surface area contributed by atoms with Gasteiger partial charge in [0.2, 0.25) is 0 Å². The van der Waals surface area contributed by atoms with Crippen LogP contribution in [-0.2, 0) is 20.3 Å². The molecule has 8 heteroatoms. The lowest BCUT2D eigenvalue weighted by molar-refractivity contribution is 0.0888. The Morgan fingerprint density at radius 3 is 2.77 bits per heavy atom. The second-order valence-corrected chi connectivity index (χ2v) is 7.52. The van der Waals surface area contributed by atoms with Crippen molar-refractivity contribution < 1.29 is 13.7 Å². The number of rotatable bonds is 10. The Morgan fingerprint density at radius 1 is 1.31 bits per heavy atom. The van der Waals surface area contributed by atoms with Crippen molar-refractivity contribution in [2.75, 3.05) is 52.3 Å². The van der Waals surface area contributed by atoms with E-state index >= 15 is 0 Å². The van der Waals surface area contributed by atoms with Crippen molar-refractivity contribution in [1.82, 2.24) is 10.6 Å². The van der Waals surface area contributed by atoms with Crippen molar-refractivity contribution in [3.05, 3.63) is 30.3 Å². The summed E-state index contributed by atoms with van der Waals surface area (Å²) in [6.07, 6.45) is 2.03. The minimum Gasteiger partial charge on any atom is -0.381 e. The molecule has 1 saturated heterocycles. The van der Waals surface area contributed by atoms with E-state index < -0.39 is 10.8 Å². The second kappa shape index (κ2) is 14.4. The van der Waals surface area contributed by atoms with Gasteiger partial charge in [-0.3, -0.25) is 9.20 Å². The lowest BCUT2D eigenvalue weighted by atomic mass is 10.1. The van der Waals surface area contributed by atoms with Gasteiger partial charge >= 0.3 is 0 Å². The molecule has 1 aromatic rings. The Kier molecular flexibility index (Phi) is 12.9. The zero-order valence-electron chi connectivity index (χ0n) is 15.3. The molecule has 26 heavy (non-hydrogen) atoms. The molecule has 1 heterocycles. The molecule has 0 aromatic heterocycles. The molecule has 0 aliphatic carbocycles. The Bertz CT molecular complexity index is 540. The summed E-state index contributed by atoms with van der Waals surface area (Å²) in [6, 6.07) is 9.52. The maximum Gasteiger partial charge on any atom is 0.191 e. The average Bonchev–Trinajstić information content (AvgIpc) is 3.17. The molecule has 6 nitrogen and oxygen atoms in total. The number of aliphatic imine (C=N–C) groups is 1. The predicted molar refractivity (Wildman–Crippen MR) is 117 cm³/mol. The van der Waals surface area contributed by atoms with E-state index in [0.717, 1.165) is 56.7 Å². The molecular formula is C18H30IN3O3S. The molecule has 0 amide bonds. The number of hydrogen-bond acceptors (Lipinski definition) is 4. The summed E-state index contributed by atoms with van der Waals surface area (Å²) in [5, 5.41) is 6.44. The predicted octanol–water partition coefficient (Wildman–Crippen LogP) is 2.02. The third kappa shape index (κ3) is 9.29. The van der Waals surface area contributed by atoms with Crippen molar-refractivity contribution >= 4 is 40.7 Å². The highest BCUT2D eigenvalue weighted by Crippen LogP contribution is 2.12. The molecule has 2 unspecified atom stereocenters. The van der Waals surface area contributed by atoms with E-state index in [9.17, 15) is 4.21 Å². The summed E-state index contributed by atoms with van der Waals surface area (Å²) in [5.41, 5.74) is 0. The molecule has 0 spiro atoms. The lowest BCUT2D eigenvalue weighted by Crippen LogP contribution is -2.39. The number of nitrogens with zero attached hydrogens (tertiary/aromatic N) is 1. The Labute approximate surface area is 176 Å². The van der Waals surface area contributed by atoms with Crippen LogP contribution in [-0.4, -0.2) is 62.5 Å². The van der Waals surface area contributed by atoms with Crippen LogP contribution in [0.4, 0.5) is 0 Å². The standard InChI is InChI=1S/C18H29N3O3S.HI/c1-19-18(20-9-5-11-23-14-16-8-12-24-15-16)21-10-13-25(22)17-6-3-2-4-7-17;/h2-4,6-7,16H,5,8-15H2,1H3,(H2,19,20,21);1H. The van der Waals surface area contributed by atoms with Crippen LogP contribution in [0.3, 0.4) is 0 Å². The highest BCUT2D eigenvalue weighted by Gasteiger charge is 2.15. The normalized spacial score (nSPS) is 18.2. The zero-order valence-corrected chi connectivity index (χ0v) is 18.5. The van der Waals surface area contributed by atoms with Crippen LogP contribution < -0.4 is 10.6 Å². The zero-order chi connectivity index (χ0) is 17.7. The van der Waals surface area contributed by atoms with Crippen LogP contribution >= 0.6 is 24.0 Å². The number of hydrogen-bond donors (Lipinski definition) is 2. The topological polar surface area (TPSA) is 72.0 Å². The molecule has 2 rings (SSSR count). The SMILES string of the molecule is CN=C(NCCCOCC1CCOC1)NCCS(=O)c1ccccc1.I. The van der Waals surface area contributed by atoms with E-state index in [2.05, 4.69) is 15.6 Å². The number of benzene rings is 1. The van der Waals surface area contributed by atoms with Crippen LogP contribution in [0.15, 0.2) is 40.2 Å². The van der Waals surface area contributed by atoms with Gasteiger partial charge in [-0.2, -0.15) is 0 Å². The molecule has 0 radical (unpaired) electrons. The van der Waals surface area contributed by atoms with Crippen molar-refractivity contribution in [3.8, 4) is 0 Å². The minimum atomic E-state index is -0.989. The third-order valence-electron chi connectivity index (χ3n) is 3.95. The maximum atomic E-state index is 12.1. The van der Waals surface area contributed by atoms with Crippen molar-refractivity contribution in [2.45, 2.75) is 17.7 Å². The van der Waals surface area contributed by atoms with Gasteiger partial charge in [0, 0.05) is 49.9 Å².